The zero-order valence-corrected chi connectivity index (χ0v) is 15.6. The van der Waals surface area contributed by atoms with Gasteiger partial charge in [0.25, 0.3) is 0 Å². The van der Waals surface area contributed by atoms with Crippen LogP contribution in [0.5, 0.6) is 0 Å². The Kier molecular flexibility index (Phi) is 7.67. The van der Waals surface area contributed by atoms with Crippen molar-refractivity contribution in [2.45, 2.75) is 37.6 Å². The lowest BCUT2D eigenvalue weighted by Crippen LogP contribution is -2.32. The molecule has 0 radical (unpaired) electrons. The fraction of sp³-hybridized carbons (Fsp3) is 0.588. The lowest BCUT2D eigenvalue weighted by atomic mass is 10.2. The summed E-state index contributed by atoms with van der Waals surface area (Å²) >= 11 is 0. The molecule has 8 heteroatoms. The highest BCUT2D eigenvalue weighted by Crippen LogP contribution is 2.21. The minimum atomic E-state index is -3.36. The molecule has 1 aromatic carbocycles. The maximum Gasteiger partial charge on any atom is 0.243 e. The molecule has 0 amide bonds. The fourth-order valence-corrected chi connectivity index (χ4v) is 4.13. The molecule has 1 saturated heterocycles. The smallest absolute Gasteiger partial charge is 0.243 e. The van der Waals surface area contributed by atoms with Gasteiger partial charge in [-0.05, 0) is 43.9 Å². The second-order valence-corrected chi connectivity index (χ2v) is 7.87. The lowest BCUT2D eigenvalue weighted by Gasteiger charge is -2.15. The molecule has 3 N–H and O–H groups in total. The van der Waals surface area contributed by atoms with Gasteiger partial charge in [0.1, 0.15) is 0 Å². The van der Waals surface area contributed by atoms with Gasteiger partial charge in [-0.25, -0.2) is 13.4 Å². The van der Waals surface area contributed by atoms with Gasteiger partial charge in [0, 0.05) is 32.8 Å². The van der Waals surface area contributed by atoms with Crippen LogP contribution in [0.25, 0.3) is 0 Å². The summed E-state index contributed by atoms with van der Waals surface area (Å²) in [6.07, 6.45) is 2.73. The summed E-state index contributed by atoms with van der Waals surface area (Å²) in [6, 6.07) is 6.86. The van der Waals surface area contributed by atoms with Crippen molar-refractivity contribution in [3.63, 3.8) is 0 Å². The zero-order chi connectivity index (χ0) is 18.1. The monoisotopic (exact) mass is 368 g/mol. The summed E-state index contributed by atoms with van der Waals surface area (Å²) in [5.74, 6) is 0.380. The van der Waals surface area contributed by atoms with Gasteiger partial charge in [-0.1, -0.05) is 12.1 Å². The van der Waals surface area contributed by atoms with Crippen LogP contribution in [-0.2, 0) is 21.3 Å². The number of nitrogens with two attached hydrogens (primary N) is 1. The third-order valence-electron chi connectivity index (χ3n) is 4.03. The van der Waals surface area contributed by atoms with E-state index in [0.717, 1.165) is 24.8 Å². The molecule has 0 spiro atoms. The van der Waals surface area contributed by atoms with Crippen LogP contribution in [0.4, 0.5) is 0 Å². The first-order valence-corrected chi connectivity index (χ1v) is 10.2. The average Bonchev–Trinajstić information content (AvgIpc) is 3.16. The number of guanidine groups is 1. The van der Waals surface area contributed by atoms with Crippen LogP contribution in [0, 0.1) is 0 Å². The molecule has 0 atom stereocenters. The van der Waals surface area contributed by atoms with Crippen molar-refractivity contribution in [1.29, 1.82) is 0 Å². The van der Waals surface area contributed by atoms with Gasteiger partial charge in [0.15, 0.2) is 5.96 Å². The largest absolute Gasteiger partial charge is 0.382 e. The molecule has 1 aromatic rings. The third kappa shape index (κ3) is 5.98. The summed E-state index contributed by atoms with van der Waals surface area (Å²) in [7, 11) is -3.36. The molecule has 0 saturated carbocycles. The Morgan fingerprint density at radius 1 is 1.28 bits per heavy atom. The van der Waals surface area contributed by atoms with E-state index in [1.54, 1.807) is 28.6 Å². The number of aliphatic imine (C=N–C) groups is 1. The number of hydrogen-bond donors (Lipinski definition) is 2. The minimum Gasteiger partial charge on any atom is -0.382 e. The Hall–Kier alpha value is -1.64. The first kappa shape index (κ1) is 19.7. The van der Waals surface area contributed by atoms with E-state index < -0.39 is 10.0 Å². The molecule has 1 aliphatic rings. The molecule has 25 heavy (non-hydrogen) atoms. The van der Waals surface area contributed by atoms with Crippen molar-refractivity contribution in [1.82, 2.24) is 9.62 Å². The molecule has 0 bridgehead atoms. The van der Waals surface area contributed by atoms with Crippen LogP contribution in [0.3, 0.4) is 0 Å². The zero-order valence-electron chi connectivity index (χ0n) is 14.8. The molecule has 0 unspecified atom stereocenters. The van der Waals surface area contributed by atoms with Gasteiger partial charge in [-0.15, -0.1) is 0 Å². The van der Waals surface area contributed by atoms with Crippen molar-refractivity contribution < 1.29 is 13.2 Å². The maximum atomic E-state index is 12.5. The lowest BCUT2D eigenvalue weighted by molar-refractivity contribution is 0.145. The predicted octanol–water partition coefficient (Wildman–Crippen LogP) is 1.30. The summed E-state index contributed by atoms with van der Waals surface area (Å²) in [6.45, 7) is 5.72. The number of nitrogens with one attached hydrogen (secondary N) is 1. The van der Waals surface area contributed by atoms with E-state index >= 15 is 0 Å². The van der Waals surface area contributed by atoms with E-state index in [1.165, 1.54) is 0 Å². The van der Waals surface area contributed by atoms with Crippen molar-refractivity contribution in [3.8, 4) is 0 Å². The van der Waals surface area contributed by atoms with Crippen LogP contribution in [0.2, 0.25) is 0 Å². The second-order valence-electron chi connectivity index (χ2n) is 5.93. The summed E-state index contributed by atoms with van der Waals surface area (Å²) in [5, 5.41) is 3.03. The summed E-state index contributed by atoms with van der Waals surface area (Å²) in [5.41, 5.74) is 6.73. The molecule has 1 fully saturated rings. The van der Waals surface area contributed by atoms with Crippen LogP contribution in [0.15, 0.2) is 34.2 Å². The number of benzene rings is 1. The van der Waals surface area contributed by atoms with E-state index in [4.69, 9.17) is 10.5 Å². The van der Waals surface area contributed by atoms with Gasteiger partial charge in [-0.3, -0.25) is 0 Å². The Labute approximate surface area is 150 Å². The highest BCUT2D eigenvalue weighted by atomic mass is 32.2. The molecule has 2 rings (SSSR count). The molecule has 140 valence electrons. The van der Waals surface area contributed by atoms with Crippen LogP contribution in [0.1, 0.15) is 31.7 Å². The van der Waals surface area contributed by atoms with Gasteiger partial charge in [0.2, 0.25) is 10.0 Å². The summed E-state index contributed by atoms with van der Waals surface area (Å²) < 4.78 is 31.7. The average molecular weight is 369 g/mol. The third-order valence-corrected chi connectivity index (χ3v) is 5.95. The molecule has 0 aromatic heterocycles. The number of sulfonamides is 1. The van der Waals surface area contributed by atoms with E-state index in [1.807, 2.05) is 6.92 Å². The Balaban J connectivity index is 1.84. The van der Waals surface area contributed by atoms with Crippen LogP contribution in [-0.4, -0.2) is 51.5 Å². The van der Waals surface area contributed by atoms with E-state index in [2.05, 4.69) is 10.3 Å². The van der Waals surface area contributed by atoms with Crippen molar-refractivity contribution in [2.24, 2.45) is 10.7 Å². The molecule has 0 aliphatic carbocycles. The number of nitrogens with zero attached hydrogens (tertiary/aromatic N) is 2. The minimum absolute atomic E-state index is 0.337. The SMILES string of the molecule is CCOCCCNC(N)=NCc1ccc(S(=O)(=O)N2CCCC2)cc1. The maximum absolute atomic E-state index is 12.5. The van der Waals surface area contributed by atoms with Gasteiger partial charge in [-0.2, -0.15) is 4.31 Å². The fourth-order valence-electron chi connectivity index (χ4n) is 2.61. The van der Waals surface area contributed by atoms with E-state index in [-0.39, 0.29) is 0 Å². The Morgan fingerprint density at radius 3 is 2.60 bits per heavy atom. The quantitative estimate of drug-likeness (QED) is 0.389. The highest BCUT2D eigenvalue weighted by molar-refractivity contribution is 7.89. The van der Waals surface area contributed by atoms with Gasteiger partial charge in [0.05, 0.1) is 11.4 Å². The molecular formula is C17H28N4O3S. The predicted molar refractivity (Wildman–Crippen MR) is 98.9 cm³/mol. The van der Waals surface area contributed by atoms with Crippen LogP contribution >= 0.6 is 0 Å². The number of ether oxygens (including phenoxy) is 1. The molecule has 7 nitrogen and oxygen atoms in total. The number of hydrogen-bond acceptors (Lipinski definition) is 4. The summed E-state index contributed by atoms with van der Waals surface area (Å²) in [4.78, 5) is 4.60. The van der Waals surface area contributed by atoms with Gasteiger partial charge >= 0.3 is 0 Å². The van der Waals surface area contributed by atoms with E-state index in [9.17, 15) is 8.42 Å². The van der Waals surface area contributed by atoms with Crippen LogP contribution < -0.4 is 11.1 Å². The molecule has 1 aliphatic heterocycles. The second kappa shape index (κ2) is 9.74. The standard InChI is InChI=1S/C17H28N4O3S/c1-2-24-13-5-10-19-17(18)20-14-15-6-8-16(9-7-15)25(22,23)21-11-3-4-12-21/h6-9H,2-5,10-14H2,1H3,(H3,18,19,20). The topological polar surface area (TPSA) is 97.0 Å². The first-order chi connectivity index (χ1) is 12.0. The van der Waals surface area contributed by atoms with Crippen molar-refractivity contribution >= 4 is 16.0 Å². The van der Waals surface area contributed by atoms with Crippen molar-refractivity contribution in [2.75, 3.05) is 32.8 Å². The highest BCUT2D eigenvalue weighted by Gasteiger charge is 2.26. The molecular weight excluding hydrogens is 340 g/mol. The van der Waals surface area contributed by atoms with E-state index in [0.29, 0.717) is 50.2 Å². The van der Waals surface area contributed by atoms with Crippen molar-refractivity contribution in [3.05, 3.63) is 29.8 Å². The van der Waals surface area contributed by atoms with Gasteiger partial charge < -0.3 is 15.8 Å². The normalized spacial score (nSPS) is 16.3. The Morgan fingerprint density at radius 2 is 1.96 bits per heavy atom. The number of rotatable bonds is 9. The molecule has 1 heterocycles. The Bertz CT molecular complexity index is 653. The first-order valence-electron chi connectivity index (χ1n) is 8.74.